The Morgan fingerprint density at radius 3 is 2.50 bits per heavy atom. The first kappa shape index (κ1) is 15.5. The van der Waals surface area contributed by atoms with Gasteiger partial charge in [0, 0.05) is 7.11 Å². The highest BCUT2D eigenvalue weighted by Gasteiger charge is 2.08. The molecule has 0 radical (unpaired) electrons. The molecule has 0 aliphatic heterocycles. The van der Waals surface area contributed by atoms with Crippen LogP contribution in [-0.4, -0.2) is 48.7 Å². The summed E-state index contributed by atoms with van der Waals surface area (Å²) in [6.45, 7) is 0.340. The minimum Gasteiger partial charge on any atom is -0.400 e. The van der Waals surface area contributed by atoms with E-state index in [1.54, 1.807) is 0 Å². The van der Waals surface area contributed by atoms with Crippen molar-refractivity contribution in [3.05, 3.63) is 0 Å². The van der Waals surface area contributed by atoms with Crippen molar-refractivity contribution in [2.24, 2.45) is 5.73 Å². The smallest absolute Gasteiger partial charge is 0.284 e. The first-order valence-electron chi connectivity index (χ1n) is 4.26. The van der Waals surface area contributed by atoms with E-state index >= 15 is 0 Å². The molecule has 6 heteroatoms. The zero-order valence-corrected chi connectivity index (χ0v) is 8.27. The minimum atomic E-state index is -0.703. The number of hydrogen-bond acceptors (Lipinski definition) is 5. The SMILES string of the molecule is CO.NCCCC(CO)NC(=O)C=O. The average Bonchev–Trinajstić information content (AvgIpc) is 2.26. The van der Waals surface area contributed by atoms with E-state index in [0.717, 1.165) is 7.11 Å². The van der Waals surface area contributed by atoms with Crippen LogP contribution >= 0.6 is 0 Å². The van der Waals surface area contributed by atoms with E-state index in [1.807, 2.05) is 0 Å². The largest absolute Gasteiger partial charge is 0.400 e. The van der Waals surface area contributed by atoms with Gasteiger partial charge in [0.05, 0.1) is 12.6 Å². The second-order valence-corrected chi connectivity index (χ2v) is 2.44. The molecule has 0 rings (SSSR count). The maximum Gasteiger partial charge on any atom is 0.284 e. The Morgan fingerprint density at radius 2 is 2.14 bits per heavy atom. The number of nitrogens with two attached hydrogens (primary N) is 1. The average molecular weight is 206 g/mol. The Hall–Kier alpha value is -0.980. The molecule has 0 spiro atoms. The highest BCUT2D eigenvalue weighted by Crippen LogP contribution is 1.93. The van der Waals surface area contributed by atoms with Gasteiger partial charge in [-0.05, 0) is 19.4 Å². The summed E-state index contributed by atoms with van der Waals surface area (Å²) in [4.78, 5) is 20.4. The van der Waals surface area contributed by atoms with Crippen molar-refractivity contribution < 1.29 is 19.8 Å². The van der Waals surface area contributed by atoms with Crippen molar-refractivity contribution >= 4 is 12.2 Å². The Bertz CT molecular complexity index is 152. The standard InChI is InChI=1S/C7H14N2O3.CH4O/c8-3-1-2-6(4-10)9-7(12)5-11;1-2/h5-6,10H,1-4,8H2,(H,9,12);2H,1H3. The second-order valence-electron chi connectivity index (χ2n) is 2.44. The molecule has 1 atom stereocenters. The fourth-order valence-electron chi connectivity index (χ4n) is 0.809. The van der Waals surface area contributed by atoms with Crippen LogP contribution in [0, 0.1) is 0 Å². The molecule has 84 valence electrons. The molecule has 0 aliphatic carbocycles. The van der Waals surface area contributed by atoms with Crippen molar-refractivity contribution in [1.29, 1.82) is 0 Å². The van der Waals surface area contributed by atoms with E-state index in [4.69, 9.17) is 15.9 Å². The molecule has 5 N–H and O–H groups in total. The molecule has 0 aliphatic rings. The molecule has 0 aromatic carbocycles. The molecule has 0 aromatic heterocycles. The molecule has 0 saturated carbocycles. The van der Waals surface area contributed by atoms with Crippen molar-refractivity contribution in [1.82, 2.24) is 5.32 Å². The predicted molar refractivity (Wildman–Crippen MR) is 51.5 cm³/mol. The monoisotopic (exact) mass is 206 g/mol. The number of amides is 1. The Balaban J connectivity index is 0. The van der Waals surface area contributed by atoms with Gasteiger partial charge in [-0.2, -0.15) is 0 Å². The molecular formula is C8H18N2O4. The van der Waals surface area contributed by atoms with E-state index in [1.165, 1.54) is 0 Å². The van der Waals surface area contributed by atoms with Gasteiger partial charge in [-0.25, -0.2) is 0 Å². The van der Waals surface area contributed by atoms with Crippen LogP contribution in [0.5, 0.6) is 0 Å². The third-order valence-electron chi connectivity index (χ3n) is 1.43. The van der Waals surface area contributed by atoms with Gasteiger partial charge in [0.15, 0.2) is 0 Å². The van der Waals surface area contributed by atoms with Gasteiger partial charge in [-0.3, -0.25) is 9.59 Å². The molecular weight excluding hydrogens is 188 g/mol. The molecule has 6 nitrogen and oxygen atoms in total. The van der Waals surface area contributed by atoms with Gasteiger partial charge < -0.3 is 21.3 Å². The number of aliphatic hydroxyl groups is 2. The maximum atomic E-state index is 10.5. The lowest BCUT2D eigenvalue weighted by molar-refractivity contribution is -0.132. The Labute approximate surface area is 83.1 Å². The zero-order chi connectivity index (χ0) is 11.4. The molecule has 1 amide bonds. The number of aliphatic hydroxyl groups excluding tert-OH is 2. The van der Waals surface area contributed by atoms with E-state index < -0.39 is 5.91 Å². The summed E-state index contributed by atoms with van der Waals surface area (Å²) in [5.74, 6) is -0.703. The fraction of sp³-hybridized carbons (Fsp3) is 0.750. The topological polar surface area (TPSA) is 113 Å². The first-order chi connectivity index (χ1) is 6.74. The number of carbonyl (C=O) groups excluding carboxylic acids is 2. The van der Waals surface area contributed by atoms with Crippen LogP contribution in [0.4, 0.5) is 0 Å². The van der Waals surface area contributed by atoms with Gasteiger partial charge in [0.2, 0.25) is 6.29 Å². The summed E-state index contributed by atoms with van der Waals surface area (Å²) >= 11 is 0. The van der Waals surface area contributed by atoms with Crippen LogP contribution in [0.1, 0.15) is 12.8 Å². The molecule has 14 heavy (non-hydrogen) atoms. The molecule has 0 aromatic rings. The lowest BCUT2D eigenvalue weighted by Crippen LogP contribution is -2.38. The molecule has 0 heterocycles. The van der Waals surface area contributed by atoms with Crippen LogP contribution in [-0.2, 0) is 9.59 Å². The summed E-state index contributed by atoms with van der Waals surface area (Å²) < 4.78 is 0. The predicted octanol–water partition coefficient (Wildman–Crippen LogP) is -1.99. The molecule has 1 unspecified atom stereocenters. The van der Waals surface area contributed by atoms with Crippen molar-refractivity contribution in [2.45, 2.75) is 18.9 Å². The summed E-state index contributed by atoms with van der Waals surface area (Å²) in [6, 6.07) is -0.355. The number of nitrogens with one attached hydrogen (secondary N) is 1. The molecule has 0 bridgehead atoms. The number of carbonyl (C=O) groups is 2. The van der Waals surface area contributed by atoms with Crippen molar-refractivity contribution in [2.75, 3.05) is 20.3 Å². The Morgan fingerprint density at radius 1 is 1.57 bits per heavy atom. The molecule has 0 fully saturated rings. The normalized spacial score (nSPS) is 10.9. The summed E-state index contributed by atoms with van der Waals surface area (Å²) in [5.41, 5.74) is 5.23. The fourth-order valence-corrected chi connectivity index (χ4v) is 0.809. The number of hydrogen-bond donors (Lipinski definition) is 4. The van der Waals surface area contributed by atoms with Crippen molar-refractivity contribution in [3.8, 4) is 0 Å². The third-order valence-corrected chi connectivity index (χ3v) is 1.43. The number of aldehydes is 1. The molecule has 0 saturated heterocycles. The van der Waals surface area contributed by atoms with Gasteiger partial charge in [-0.15, -0.1) is 0 Å². The highest BCUT2D eigenvalue weighted by atomic mass is 16.3. The maximum absolute atomic E-state index is 10.5. The summed E-state index contributed by atoms with van der Waals surface area (Å²) in [6.07, 6.45) is 1.49. The number of rotatable bonds is 6. The van der Waals surface area contributed by atoms with E-state index in [2.05, 4.69) is 5.32 Å². The first-order valence-corrected chi connectivity index (χ1v) is 4.26. The van der Waals surface area contributed by atoms with Crippen LogP contribution in [0.25, 0.3) is 0 Å². The lowest BCUT2D eigenvalue weighted by Gasteiger charge is -2.13. The van der Waals surface area contributed by atoms with E-state index in [-0.39, 0.29) is 18.9 Å². The minimum absolute atomic E-state index is 0.167. The van der Waals surface area contributed by atoms with Gasteiger partial charge in [0.1, 0.15) is 0 Å². The summed E-state index contributed by atoms with van der Waals surface area (Å²) in [7, 11) is 1.00. The quantitative estimate of drug-likeness (QED) is 0.297. The zero-order valence-electron chi connectivity index (χ0n) is 8.27. The van der Waals surface area contributed by atoms with Gasteiger partial charge >= 0.3 is 0 Å². The van der Waals surface area contributed by atoms with Crippen LogP contribution < -0.4 is 11.1 Å². The Kier molecular flexibility index (Phi) is 13.3. The van der Waals surface area contributed by atoms with Crippen LogP contribution in [0.3, 0.4) is 0 Å². The van der Waals surface area contributed by atoms with E-state index in [9.17, 15) is 9.59 Å². The highest BCUT2D eigenvalue weighted by molar-refractivity contribution is 6.23. The van der Waals surface area contributed by atoms with Gasteiger partial charge in [-0.1, -0.05) is 0 Å². The summed E-state index contributed by atoms with van der Waals surface area (Å²) in [5, 5.41) is 18.1. The second kappa shape index (κ2) is 12.0. The van der Waals surface area contributed by atoms with Crippen LogP contribution in [0.15, 0.2) is 0 Å². The lowest BCUT2D eigenvalue weighted by atomic mass is 10.1. The van der Waals surface area contributed by atoms with E-state index in [0.29, 0.717) is 19.4 Å². The van der Waals surface area contributed by atoms with Crippen LogP contribution in [0.2, 0.25) is 0 Å². The third kappa shape index (κ3) is 9.11. The van der Waals surface area contributed by atoms with Crippen molar-refractivity contribution in [3.63, 3.8) is 0 Å². The van der Waals surface area contributed by atoms with Gasteiger partial charge in [0.25, 0.3) is 5.91 Å².